The first-order chi connectivity index (χ1) is 11.3. The zero-order valence-corrected chi connectivity index (χ0v) is 13.4. The number of nitriles is 1. The molecule has 1 aromatic carbocycles. The molecule has 1 aromatic heterocycles. The molecule has 0 unspecified atom stereocenters. The lowest BCUT2D eigenvalue weighted by Gasteiger charge is -2.29. The summed E-state index contributed by atoms with van der Waals surface area (Å²) < 4.78 is 6.05. The van der Waals surface area contributed by atoms with Gasteiger partial charge in [-0.05, 0) is 36.7 Å². The van der Waals surface area contributed by atoms with Crippen LogP contribution in [-0.2, 0) is 0 Å². The molecule has 4 heteroatoms. The Balaban J connectivity index is 1.54. The van der Waals surface area contributed by atoms with Gasteiger partial charge in [-0.3, -0.25) is 0 Å². The van der Waals surface area contributed by atoms with E-state index in [1.54, 1.807) is 0 Å². The molecule has 2 aromatic rings. The third kappa shape index (κ3) is 2.72. The van der Waals surface area contributed by atoms with Crippen molar-refractivity contribution >= 4 is 5.88 Å². The van der Waals surface area contributed by atoms with Crippen LogP contribution in [-0.4, -0.2) is 18.1 Å². The molecule has 0 spiro atoms. The number of hydrogen-bond acceptors (Lipinski definition) is 4. The average molecular weight is 307 g/mol. The smallest absolute Gasteiger partial charge is 0.234 e. The number of rotatable bonds is 3. The fourth-order valence-corrected chi connectivity index (χ4v) is 3.52. The quantitative estimate of drug-likeness (QED) is 0.858. The first kappa shape index (κ1) is 14.3. The molecule has 2 atom stereocenters. The van der Waals surface area contributed by atoms with Gasteiger partial charge in [-0.15, -0.1) is 0 Å². The Bertz CT molecular complexity index is 723. The van der Waals surface area contributed by atoms with Gasteiger partial charge in [-0.25, -0.2) is 4.98 Å². The summed E-state index contributed by atoms with van der Waals surface area (Å²) in [6, 6.07) is 12.7. The van der Waals surface area contributed by atoms with E-state index in [1.807, 2.05) is 6.07 Å². The van der Waals surface area contributed by atoms with Gasteiger partial charge in [0.1, 0.15) is 6.07 Å². The minimum atomic E-state index is 0.321. The van der Waals surface area contributed by atoms with Crippen molar-refractivity contribution < 1.29 is 4.42 Å². The Kier molecular flexibility index (Phi) is 3.57. The Morgan fingerprint density at radius 2 is 1.91 bits per heavy atom. The molecular weight excluding hydrogens is 286 g/mol. The lowest BCUT2D eigenvalue weighted by Crippen LogP contribution is -2.32. The van der Waals surface area contributed by atoms with Crippen molar-refractivity contribution in [2.45, 2.75) is 38.0 Å². The van der Waals surface area contributed by atoms with Crippen molar-refractivity contribution in [1.29, 1.82) is 5.26 Å². The van der Waals surface area contributed by atoms with E-state index in [4.69, 9.17) is 4.42 Å². The average Bonchev–Trinajstić information content (AvgIpc) is 3.28. The number of anilines is 1. The highest BCUT2D eigenvalue weighted by Gasteiger charge is 2.44. The van der Waals surface area contributed by atoms with Crippen molar-refractivity contribution in [1.82, 2.24) is 4.98 Å². The standard InChI is InChI=1S/C19H21N3O/c1-13-7-9-22(10-8-13)19-17(12-20)21-18(23-19)16-11-15(16)14-5-3-2-4-6-14/h2-6,13,15-16H,7-11H2,1H3/t15-,16-/m1/s1. The van der Waals surface area contributed by atoms with Crippen molar-refractivity contribution in [3.63, 3.8) is 0 Å². The number of nitrogens with zero attached hydrogens (tertiary/aromatic N) is 3. The van der Waals surface area contributed by atoms with E-state index in [0.717, 1.165) is 44.2 Å². The van der Waals surface area contributed by atoms with Crippen LogP contribution in [0.5, 0.6) is 0 Å². The summed E-state index contributed by atoms with van der Waals surface area (Å²) >= 11 is 0. The molecule has 0 N–H and O–H groups in total. The maximum Gasteiger partial charge on any atom is 0.234 e. The second kappa shape index (κ2) is 5.73. The van der Waals surface area contributed by atoms with Crippen molar-refractivity contribution in [3.8, 4) is 6.07 Å². The van der Waals surface area contributed by atoms with Gasteiger partial charge < -0.3 is 9.32 Å². The van der Waals surface area contributed by atoms with Gasteiger partial charge in [-0.1, -0.05) is 37.3 Å². The fourth-order valence-electron chi connectivity index (χ4n) is 3.52. The second-order valence-electron chi connectivity index (χ2n) is 6.85. The van der Waals surface area contributed by atoms with Crippen LogP contribution in [0.25, 0.3) is 0 Å². The lowest BCUT2D eigenvalue weighted by molar-refractivity contribution is 0.408. The summed E-state index contributed by atoms with van der Waals surface area (Å²) in [5, 5.41) is 9.40. The lowest BCUT2D eigenvalue weighted by atomic mass is 9.99. The van der Waals surface area contributed by atoms with Crippen molar-refractivity contribution in [2.24, 2.45) is 5.92 Å². The summed E-state index contributed by atoms with van der Waals surface area (Å²) in [5.74, 6) is 2.99. The van der Waals surface area contributed by atoms with Crippen LogP contribution in [0.2, 0.25) is 0 Å². The molecule has 23 heavy (non-hydrogen) atoms. The summed E-state index contributed by atoms with van der Waals surface area (Å²) in [5.41, 5.74) is 1.79. The molecule has 0 radical (unpaired) electrons. The highest BCUT2D eigenvalue weighted by molar-refractivity contribution is 5.49. The Morgan fingerprint density at radius 3 is 2.61 bits per heavy atom. The second-order valence-corrected chi connectivity index (χ2v) is 6.85. The van der Waals surface area contributed by atoms with E-state index in [2.05, 4.69) is 47.1 Å². The van der Waals surface area contributed by atoms with Gasteiger partial charge in [0, 0.05) is 19.0 Å². The maximum absolute atomic E-state index is 9.40. The summed E-state index contributed by atoms with van der Waals surface area (Å²) in [4.78, 5) is 6.68. The first-order valence-corrected chi connectivity index (χ1v) is 8.47. The van der Waals surface area contributed by atoms with E-state index in [1.165, 1.54) is 5.56 Å². The van der Waals surface area contributed by atoms with Gasteiger partial charge in [0.25, 0.3) is 0 Å². The predicted molar refractivity (Wildman–Crippen MR) is 88.4 cm³/mol. The molecule has 2 fully saturated rings. The summed E-state index contributed by atoms with van der Waals surface area (Å²) in [7, 11) is 0. The van der Waals surface area contributed by atoms with Crippen LogP contribution in [0.15, 0.2) is 34.7 Å². The zero-order valence-electron chi connectivity index (χ0n) is 13.4. The SMILES string of the molecule is CC1CCN(c2oc([C@@H]3C[C@@H]3c3ccccc3)nc2C#N)CC1. The van der Waals surface area contributed by atoms with E-state index in [9.17, 15) is 5.26 Å². The largest absolute Gasteiger partial charge is 0.423 e. The van der Waals surface area contributed by atoms with Gasteiger partial charge in [-0.2, -0.15) is 5.26 Å². The number of benzene rings is 1. The molecular formula is C19H21N3O. The number of piperidine rings is 1. The van der Waals surface area contributed by atoms with Crippen molar-refractivity contribution in [3.05, 3.63) is 47.5 Å². The topological polar surface area (TPSA) is 53.1 Å². The van der Waals surface area contributed by atoms with E-state index >= 15 is 0 Å². The third-order valence-electron chi connectivity index (χ3n) is 5.14. The van der Waals surface area contributed by atoms with Gasteiger partial charge in [0.15, 0.2) is 0 Å². The minimum Gasteiger partial charge on any atom is -0.423 e. The summed E-state index contributed by atoms with van der Waals surface area (Å²) in [6.07, 6.45) is 3.36. The van der Waals surface area contributed by atoms with E-state index in [-0.39, 0.29) is 0 Å². The van der Waals surface area contributed by atoms with Gasteiger partial charge >= 0.3 is 0 Å². The molecule has 1 aliphatic carbocycles. The molecule has 0 bridgehead atoms. The summed E-state index contributed by atoms with van der Waals surface area (Å²) in [6.45, 7) is 4.19. The molecule has 2 heterocycles. The highest BCUT2D eigenvalue weighted by Crippen LogP contribution is 2.54. The Labute approximate surface area is 136 Å². The van der Waals surface area contributed by atoms with E-state index in [0.29, 0.717) is 23.4 Å². The zero-order chi connectivity index (χ0) is 15.8. The fraction of sp³-hybridized carbons (Fsp3) is 0.474. The molecule has 4 nitrogen and oxygen atoms in total. The number of oxazole rings is 1. The third-order valence-corrected chi connectivity index (χ3v) is 5.14. The van der Waals surface area contributed by atoms with Gasteiger partial charge in [0.2, 0.25) is 17.5 Å². The van der Waals surface area contributed by atoms with Crippen LogP contribution in [0, 0.1) is 17.2 Å². The monoisotopic (exact) mass is 307 g/mol. The first-order valence-electron chi connectivity index (χ1n) is 8.47. The molecule has 1 aliphatic heterocycles. The molecule has 118 valence electrons. The molecule has 0 amide bonds. The number of hydrogen-bond donors (Lipinski definition) is 0. The highest BCUT2D eigenvalue weighted by atomic mass is 16.4. The minimum absolute atomic E-state index is 0.321. The van der Waals surface area contributed by atoms with Crippen LogP contribution < -0.4 is 4.90 Å². The van der Waals surface area contributed by atoms with Gasteiger partial charge in [0.05, 0.1) is 0 Å². The van der Waals surface area contributed by atoms with Crippen LogP contribution >= 0.6 is 0 Å². The van der Waals surface area contributed by atoms with Crippen LogP contribution in [0.3, 0.4) is 0 Å². The molecule has 4 rings (SSSR count). The van der Waals surface area contributed by atoms with Crippen molar-refractivity contribution in [2.75, 3.05) is 18.0 Å². The predicted octanol–water partition coefficient (Wildman–Crippen LogP) is 4.05. The molecule has 2 aliphatic rings. The van der Waals surface area contributed by atoms with E-state index < -0.39 is 0 Å². The molecule has 1 saturated heterocycles. The normalized spacial score (nSPS) is 24.4. The van der Waals surface area contributed by atoms with Crippen LogP contribution in [0.4, 0.5) is 5.88 Å². The Morgan fingerprint density at radius 1 is 1.17 bits per heavy atom. The van der Waals surface area contributed by atoms with Crippen LogP contribution in [0.1, 0.15) is 55.2 Å². The molecule has 1 saturated carbocycles. The maximum atomic E-state index is 9.40. The Hall–Kier alpha value is -2.28. The number of aromatic nitrogens is 1.